The Morgan fingerprint density at radius 2 is 1.41 bits per heavy atom. The van der Waals surface area contributed by atoms with Crippen molar-refractivity contribution in [2.45, 2.75) is 0 Å². The number of hydrogen-bond donors (Lipinski definition) is 0. The molecule has 0 saturated carbocycles. The van der Waals surface area contributed by atoms with Gasteiger partial charge in [-0.15, -0.1) is 0 Å². The maximum atomic E-state index is 12.7. The third kappa shape index (κ3) is 3.82. The van der Waals surface area contributed by atoms with E-state index >= 15 is 0 Å². The molecule has 0 bridgehead atoms. The fourth-order valence-electron chi connectivity index (χ4n) is 1.42. The molecule has 0 saturated heterocycles. The average Bonchev–Trinajstić information content (AvgIpc) is 2.34. The summed E-state index contributed by atoms with van der Waals surface area (Å²) in [6.07, 6.45) is 5.91. The van der Waals surface area contributed by atoms with Gasteiger partial charge in [0.2, 0.25) is 0 Å². The van der Waals surface area contributed by atoms with Crippen LogP contribution in [0.2, 0.25) is 0 Å². The Kier molecular flexibility index (Phi) is 4.10. The molecule has 0 nitrogen and oxygen atoms in total. The monoisotopic (exact) mass is 289 g/mol. The van der Waals surface area contributed by atoms with E-state index in [-0.39, 0.29) is 5.82 Å². The second-order valence-electron chi connectivity index (χ2n) is 3.63. The lowest BCUT2D eigenvalue weighted by atomic mass is 10.1. The molecule has 0 unspecified atom stereocenters. The molecule has 0 N–H and O–H groups in total. The van der Waals surface area contributed by atoms with Gasteiger partial charge >= 0.3 is 0 Å². The van der Waals surface area contributed by atoms with E-state index in [1.54, 1.807) is 12.1 Å². The second kappa shape index (κ2) is 5.78. The summed E-state index contributed by atoms with van der Waals surface area (Å²) in [5.41, 5.74) is 2.12. The molecule has 1 radical (unpaired) electrons. The zero-order valence-corrected chi connectivity index (χ0v) is 10.7. The molecule has 17 heavy (non-hydrogen) atoms. The first-order chi connectivity index (χ1) is 8.24. The summed E-state index contributed by atoms with van der Waals surface area (Å²) < 4.78 is 13.7. The van der Waals surface area contributed by atoms with Gasteiger partial charge in [0, 0.05) is 10.9 Å². The summed E-state index contributed by atoms with van der Waals surface area (Å²) in [7, 11) is 0. The zero-order valence-electron chi connectivity index (χ0n) is 9.11. The van der Waals surface area contributed by atoms with Gasteiger partial charge in [-0.05, 0) is 35.4 Å². The van der Waals surface area contributed by atoms with Crippen molar-refractivity contribution in [2.75, 3.05) is 0 Å². The molecule has 2 aromatic rings. The number of rotatable bonds is 3. The Balaban J connectivity index is 1.97. The van der Waals surface area contributed by atoms with E-state index in [9.17, 15) is 4.39 Å². The topological polar surface area (TPSA) is 0 Å². The van der Waals surface area contributed by atoms with Crippen molar-refractivity contribution >= 4 is 22.0 Å². The Morgan fingerprint density at radius 1 is 0.824 bits per heavy atom. The first-order valence-corrected chi connectivity index (χ1v) is 6.06. The summed E-state index contributed by atoms with van der Waals surface area (Å²) >= 11 is 3.39. The average molecular weight is 290 g/mol. The molecule has 0 aromatic heterocycles. The lowest BCUT2D eigenvalue weighted by Gasteiger charge is -1.96. The van der Waals surface area contributed by atoms with E-state index in [2.05, 4.69) is 15.9 Å². The Morgan fingerprint density at radius 3 is 2.06 bits per heavy atom. The fraction of sp³-hybridized carbons (Fsp3) is 0. The lowest BCUT2D eigenvalue weighted by Crippen LogP contribution is -1.78. The van der Waals surface area contributed by atoms with E-state index in [4.69, 9.17) is 0 Å². The Hall–Kier alpha value is -1.41. The van der Waals surface area contributed by atoms with E-state index in [1.165, 1.54) is 12.1 Å². The van der Waals surface area contributed by atoms with E-state index in [1.807, 2.05) is 42.8 Å². The third-order valence-electron chi connectivity index (χ3n) is 2.32. The maximum Gasteiger partial charge on any atom is 0.123 e. The molecule has 0 heterocycles. The van der Waals surface area contributed by atoms with Gasteiger partial charge in [0.25, 0.3) is 0 Å². The normalized spacial score (nSPS) is 10.9. The van der Waals surface area contributed by atoms with Gasteiger partial charge in [-0.25, -0.2) is 4.39 Å². The van der Waals surface area contributed by atoms with Crippen LogP contribution in [-0.4, -0.2) is 0 Å². The van der Waals surface area contributed by atoms with Crippen LogP contribution in [0.1, 0.15) is 11.1 Å². The van der Waals surface area contributed by atoms with Crippen LogP contribution in [0.4, 0.5) is 4.39 Å². The van der Waals surface area contributed by atoms with Crippen LogP contribution >= 0.6 is 15.9 Å². The van der Waals surface area contributed by atoms with Crippen molar-refractivity contribution in [1.29, 1.82) is 0 Å². The minimum atomic E-state index is -0.209. The van der Waals surface area contributed by atoms with E-state index < -0.39 is 0 Å². The van der Waals surface area contributed by atoms with Crippen LogP contribution in [0.25, 0.3) is 6.08 Å². The molecule has 2 heteroatoms. The van der Waals surface area contributed by atoms with Gasteiger partial charge in [-0.3, -0.25) is 0 Å². The molecule has 0 spiro atoms. The van der Waals surface area contributed by atoms with Crippen LogP contribution in [0, 0.1) is 12.2 Å². The fourth-order valence-corrected chi connectivity index (χ4v) is 1.68. The highest BCUT2D eigenvalue weighted by Crippen LogP contribution is 2.13. The van der Waals surface area contributed by atoms with Crippen molar-refractivity contribution in [3.8, 4) is 0 Å². The quantitative estimate of drug-likeness (QED) is 0.757. The minimum absolute atomic E-state index is 0.209. The molecule has 0 aliphatic carbocycles. The molecular formula is C15H11BrF. The molecule has 85 valence electrons. The Bertz CT molecular complexity index is 497. The van der Waals surface area contributed by atoms with Crippen LogP contribution < -0.4 is 0 Å². The van der Waals surface area contributed by atoms with Gasteiger partial charge in [0.1, 0.15) is 5.82 Å². The number of allylic oxidation sites excluding steroid dienone is 1. The first kappa shape index (κ1) is 12.1. The van der Waals surface area contributed by atoms with Gasteiger partial charge in [0.05, 0.1) is 0 Å². The van der Waals surface area contributed by atoms with Gasteiger partial charge in [0.15, 0.2) is 0 Å². The molecule has 0 aliphatic rings. The summed E-state index contributed by atoms with van der Waals surface area (Å²) in [6.45, 7) is 0. The van der Waals surface area contributed by atoms with Gasteiger partial charge in [-0.1, -0.05) is 52.3 Å². The maximum absolute atomic E-state index is 12.7. The van der Waals surface area contributed by atoms with Crippen molar-refractivity contribution < 1.29 is 4.39 Å². The summed E-state index contributed by atoms with van der Waals surface area (Å²) in [5.74, 6) is -0.209. The molecule has 0 fully saturated rings. The smallest absolute Gasteiger partial charge is 0.123 e. The second-order valence-corrected chi connectivity index (χ2v) is 4.54. The minimum Gasteiger partial charge on any atom is -0.207 e. The predicted molar refractivity (Wildman–Crippen MR) is 73.0 cm³/mol. The zero-order chi connectivity index (χ0) is 12.1. The van der Waals surface area contributed by atoms with E-state index in [0.717, 1.165) is 15.6 Å². The summed E-state index contributed by atoms with van der Waals surface area (Å²) in [6, 6.07) is 14.5. The van der Waals surface area contributed by atoms with Crippen LogP contribution in [0.5, 0.6) is 0 Å². The van der Waals surface area contributed by atoms with Gasteiger partial charge in [-0.2, -0.15) is 0 Å². The highest BCUT2D eigenvalue weighted by molar-refractivity contribution is 9.10. The summed E-state index contributed by atoms with van der Waals surface area (Å²) in [5, 5.41) is 0. The molecule has 0 amide bonds. The third-order valence-corrected chi connectivity index (χ3v) is 2.85. The highest BCUT2D eigenvalue weighted by Gasteiger charge is 1.91. The van der Waals surface area contributed by atoms with Crippen molar-refractivity contribution in [3.05, 3.63) is 82.4 Å². The number of hydrogen-bond acceptors (Lipinski definition) is 0. The number of halogens is 2. The first-order valence-electron chi connectivity index (χ1n) is 5.26. The molecule has 0 atom stereocenters. The molecule has 0 aliphatic heterocycles. The Labute approximate surface area is 109 Å². The van der Waals surface area contributed by atoms with Crippen LogP contribution in [0.15, 0.2) is 59.1 Å². The van der Waals surface area contributed by atoms with Crippen molar-refractivity contribution in [2.24, 2.45) is 0 Å². The standard InChI is InChI=1S/C15H11BrF/c16-14-8-4-12(5-9-14)2-1-3-13-6-10-15(17)11-7-13/h1-11H/b3-1+. The molecule has 2 aromatic carbocycles. The summed E-state index contributed by atoms with van der Waals surface area (Å²) in [4.78, 5) is 0. The van der Waals surface area contributed by atoms with Crippen molar-refractivity contribution in [3.63, 3.8) is 0 Å². The van der Waals surface area contributed by atoms with Crippen molar-refractivity contribution in [1.82, 2.24) is 0 Å². The highest BCUT2D eigenvalue weighted by atomic mass is 79.9. The lowest BCUT2D eigenvalue weighted by molar-refractivity contribution is 0.628. The molecular weight excluding hydrogens is 279 g/mol. The predicted octanol–water partition coefficient (Wildman–Crippen LogP) is 4.85. The van der Waals surface area contributed by atoms with Crippen LogP contribution in [0.3, 0.4) is 0 Å². The van der Waals surface area contributed by atoms with E-state index in [0.29, 0.717) is 0 Å². The SMILES string of the molecule is Fc1ccc(/C=C/[CH]c2ccc(Br)cc2)cc1. The molecule has 2 rings (SSSR count). The van der Waals surface area contributed by atoms with Crippen LogP contribution in [-0.2, 0) is 0 Å². The van der Waals surface area contributed by atoms with Gasteiger partial charge < -0.3 is 0 Å². The number of benzene rings is 2. The largest absolute Gasteiger partial charge is 0.207 e.